The van der Waals surface area contributed by atoms with Gasteiger partial charge in [0, 0.05) is 11.3 Å². The van der Waals surface area contributed by atoms with Gasteiger partial charge >= 0.3 is 5.97 Å². The summed E-state index contributed by atoms with van der Waals surface area (Å²) in [7, 11) is 0. The lowest BCUT2D eigenvalue weighted by Gasteiger charge is -2.64. The van der Waals surface area contributed by atoms with E-state index in [-0.39, 0.29) is 63.2 Å². The molecule has 7 rings (SSSR count). The van der Waals surface area contributed by atoms with Crippen LogP contribution in [0.15, 0.2) is 30.3 Å². The van der Waals surface area contributed by atoms with Crippen molar-refractivity contribution in [3.8, 4) is 0 Å². The van der Waals surface area contributed by atoms with Crippen LogP contribution >= 0.6 is 0 Å². The second-order valence-corrected chi connectivity index (χ2v) is 17.0. The van der Waals surface area contributed by atoms with Crippen molar-refractivity contribution < 1.29 is 29.6 Å². The maximum Gasteiger partial charge on any atom is 0.338 e. The molecule has 5 saturated carbocycles. The molecule has 6 fully saturated rings. The quantitative estimate of drug-likeness (QED) is 0.383. The van der Waals surface area contributed by atoms with Crippen LogP contribution in [0, 0.1) is 44.8 Å². The molecule has 1 aromatic rings. The Morgan fingerprint density at radius 2 is 1.64 bits per heavy atom. The zero-order valence-corrected chi connectivity index (χ0v) is 26.4. The number of carbonyl (C=O) groups is 1. The van der Waals surface area contributed by atoms with Crippen molar-refractivity contribution in [2.75, 3.05) is 0 Å². The first-order chi connectivity index (χ1) is 19.6. The normalized spacial score (nSPS) is 50.7. The van der Waals surface area contributed by atoms with Crippen molar-refractivity contribution >= 4 is 5.97 Å². The average molecular weight is 581 g/mol. The van der Waals surface area contributed by atoms with Crippen LogP contribution in [0.5, 0.6) is 0 Å². The van der Waals surface area contributed by atoms with E-state index in [0.29, 0.717) is 11.5 Å². The van der Waals surface area contributed by atoms with Crippen LogP contribution in [0.2, 0.25) is 0 Å². The van der Waals surface area contributed by atoms with Crippen LogP contribution in [0.1, 0.15) is 110 Å². The molecule has 1 saturated heterocycles. The fourth-order valence-electron chi connectivity index (χ4n) is 12.6. The van der Waals surface area contributed by atoms with Gasteiger partial charge in [-0.15, -0.1) is 0 Å². The predicted molar refractivity (Wildman–Crippen MR) is 160 cm³/mol. The Hall–Kier alpha value is -1.47. The number of rotatable bonds is 4. The summed E-state index contributed by atoms with van der Waals surface area (Å²) in [6.45, 7) is 12.9. The Morgan fingerprint density at radius 3 is 2.31 bits per heavy atom. The summed E-state index contributed by atoms with van der Waals surface area (Å²) in [6, 6.07) is 9.24. The average Bonchev–Trinajstić information content (AvgIpc) is 3.17. The summed E-state index contributed by atoms with van der Waals surface area (Å²) in [4.78, 5) is 13.1. The Bertz CT molecular complexity index is 1240. The van der Waals surface area contributed by atoms with Gasteiger partial charge in [-0.1, -0.05) is 45.9 Å². The standard InChI is InChI=1S/C36H52O6/c1-31(2)26(42-30(39)21-10-8-7-9-11-21)14-15-36-20-35(36)17-16-33(5)28(24-12-13-27(41-24)32(3,4)40)23(38)19-34(33,6)25(35)18-22(37)29(31)36/h7-11,22-29,37-38,40H,12-20H2,1-6H3/t22-,23-,24?,25?,26-,27-,28+,29-,33+,34-,35?,36+/m0/s1. The highest BCUT2D eigenvalue weighted by atomic mass is 16.5. The highest BCUT2D eigenvalue weighted by molar-refractivity contribution is 5.89. The van der Waals surface area contributed by atoms with Gasteiger partial charge in [0.2, 0.25) is 0 Å². The molecule has 6 aliphatic rings. The number of hydrogen-bond acceptors (Lipinski definition) is 6. The Labute approximate surface area is 251 Å². The van der Waals surface area contributed by atoms with Gasteiger partial charge in [0.05, 0.1) is 35.6 Å². The molecule has 1 aliphatic heterocycles. The SMILES string of the molecule is CC(C)(O)[C@@H]1CCC([C@H]2[C@@H](O)C[C@@]3(C)C4C[C@H](O)[C@H]5C(C)(C)[C@@H](OC(=O)c6ccccc6)CC[C@@]56CC46CC[C@]23C)O1. The Morgan fingerprint density at radius 1 is 0.929 bits per heavy atom. The zero-order chi connectivity index (χ0) is 30.1. The maximum atomic E-state index is 13.1. The molecule has 3 N–H and O–H groups in total. The van der Waals surface area contributed by atoms with E-state index in [1.165, 1.54) is 0 Å². The van der Waals surface area contributed by atoms with Crippen LogP contribution < -0.4 is 0 Å². The van der Waals surface area contributed by atoms with E-state index in [1.807, 2.05) is 32.0 Å². The number of aliphatic hydroxyl groups is 3. The molecule has 0 amide bonds. The van der Waals surface area contributed by atoms with Gasteiger partial charge in [-0.3, -0.25) is 0 Å². The second kappa shape index (κ2) is 9.05. The van der Waals surface area contributed by atoms with Crippen LogP contribution in [-0.4, -0.2) is 57.4 Å². The van der Waals surface area contributed by atoms with Gasteiger partial charge in [-0.25, -0.2) is 4.79 Å². The molecule has 232 valence electrons. The number of hydrogen-bond donors (Lipinski definition) is 3. The molecule has 2 spiro atoms. The van der Waals surface area contributed by atoms with Crippen LogP contribution in [0.4, 0.5) is 0 Å². The summed E-state index contributed by atoms with van der Waals surface area (Å²) in [5.41, 5.74) is -0.579. The van der Waals surface area contributed by atoms with Crippen molar-refractivity contribution in [2.24, 2.45) is 44.8 Å². The summed E-state index contributed by atoms with van der Waals surface area (Å²) < 4.78 is 12.7. The molecule has 1 heterocycles. The molecule has 6 heteroatoms. The Kier molecular flexibility index (Phi) is 6.30. The molecule has 6 nitrogen and oxygen atoms in total. The summed E-state index contributed by atoms with van der Waals surface area (Å²) in [5, 5.41) is 34.4. The molecule has 0 bridgehead atoms. The summed E-state index contributed by atoms with van der Waals surface area (Å²) in [6.07, 6.45) is 6.99. The molecular formula is C36H52O6. The third-order valence-electron chi connectivity index (χ3n) is 14.6. The Balaban J connectivity index is 1.16. The monoisotopic (exact) mass is 580 g/mol. The number of carbonyl (C=O) groups excluding carboxylic acids is 1. The van der Waals surface area contributed by atoms with E-state index in [9.17, 15) is 20.1 Å². The molecule has 5 aliphatic carbocycles. The van der Waals surface area contributed by atoms with E-state index in [2.05, 4.69) is 27.7 Å². The minimum absolute atomic E-state index is 0.0413. The minimum atomic E-state index is -0.886. The number of ether oxygens (including phenoxy) is 2. The van der Waals surface area contributed by atoms with Crippen molar-refractivity contribution in [3.63, 3.8) is 0 Å². The molecule has 12 atom stereocenters. The first kappa shape index (κ1) is 29.3. The van der Waals surface area contributed by atoms with Gasteiger partial charge < -0.3 is 24.8 Å². The number of aliphatic hydroxyl groups excluding tert-OH is 2. The van der Waals surface area contributed by atoms with E-state index in [0.717, 1.165) is 57.8 Å². The molecule has 0 radical (unpaired) electrons. The zero-order valence-electron chi connectivity index (χ0n) is 26.4. The van der Waals surface area contributed by atoms with Gasteiger partial charge in [0.1, 0.15) is 6.10 Å². The molecule has 42 heavy (non-hydrogen) atoms. The number of esters is 1. The predicted octanol–water partition coefficient (Wildman–Crippen LogP) is 5.91. The van der Waals surface area contributed by atoms with Crippen LogP contribution in [0.3, 0.4) is 0 Å². The van der Waals surface area contributed by atoms with E-state index >= 15 is 0 Å². The van der Waals surface area contributed by atoms with Gasteiger partial charge in [-0.05, 0) is 117 Å². The lowest BCUT2D eigenvalue weighted by atomic mass is 9.41. The third-order valence-corrected chi connectivity index (χ3v) is 14.6. The lowest BCUT2D eigenvalue weighted by Crippen LogP contribution is -2.62. The third kappa shape index (κ3) is 3.67. The van der Waals surface area contributed by atoms with Crippen LogP contribution in [0.25, 0.3) is 0 Å². The first-order valence-electron chi connectivity index (χ1n) is 16.6. The maximum absolute atomic E-state index is 13.1. The fraction of sp³-hybridized carbons (Fsp3) is 0.806. The van der Waals surface area contributed by atoms with Crippen molar-refractivity contribution in [2.45, 2.75) is 135 Å². The lowest BCUT2D eigenvalue weighted by molar-refractivity contribution is -0.203. The van der Waals surface area contributed by atoms with Crippen molar-refractivity contribution in [1.82, 2.24) is 0 Å². The van der Waals surface area contributed by atoms with E-state index in [1.54, 1.807) is 12.1 Å². The largest absolute Gasteiger partial charge is 0.458 e. The smallest absolute Gasteiger partial charge is 0.338 e. The van der Waals surface area contributed by atoms with Crippen molar-refractivity contribution in [1.29, 1.82) is 0 Å². The van der Waals surface area contributed by atoms with Gasteiger partial charge in [0.25, 0.3) is 0 Å². The molecule has 0 aromatic heterocycles. The molecule has 3 unspecified atom stereocenters. The minimum Gasteiger partial charge on any atom is -0.458 e. The highest BCUT2D eigenvalue weighted by Gasteiger charge is 2.84. The fourth-order valence-corrected chi connectivity index (χ4v) is 12.6. The number of fused-ring (bicyclic) bond motifs is 2. The van der Waals surface area contributed by atoms with Crippen molar-refractivity contribution in [3.05, 3.63) is 35.9 Å². The van der Waals surface area contributed by atoms with Gasteiger partial charge in [0.15, 0.2) is 0 Å². The molecular weight excluding hydrogens is 528 g/mol. The first-order valence-corrected chi connectivity index (χ1v) is 16.6. The second-order valence-electron chi connectivity index (χ2n) is 17.0. The topological polar surface area (TPSA) is 96.2 Å². The highest BCUT2D eigenvalue weighted by Crippen LogP contribution is 2.89. The summed E-state index contributed by atoms with van der Waals surface area (Å²) in [5.74, 6) is 0.206. The van der Waals surface area contributed by atoms with Gasteiger partial charge in [-0.2, -0.15) is 0 Å². The van der Waals surface area contributed by atoms with E-state index in [4.69, 9.17) is 9.47 Å². The summed E-state index contributed by atoms with van der Waals surface area (Å²) >= 11 is 0. The van der Waals surface area contributed by atoms with Crippen LogP contribution in [-0.2, 0) is 9.47 Å². The molecule has 1 aromatic carbocycles. The number of benzene rings is 1. The van der Waals surface area contributed by atoms with E-state index < -0.39 is 17.8 Å².